The highest BCUT2D eigenvalue weighted by Crippen LogP contribution is 2.15. The van der Waals surface area contributed by atoms with Crippen molar-refractivity contribution in [2.45, 2.75) is 13.3 Å². The lowest BCUT2D eigenvalue weighted by Crippen LogP contribution is -2.12. The van der Waals surface area contributed by atoms with Gasteiger partial charge in [0.25, 0.3) is 5.91 Å². The van der Waals surface area contributed by atoms with Gasteiger partial charge in [0.15, 0.2) is 0 Å². The first-order chi connectivity index (χ1) is 8.20. The molecule has 4 heteroatoms. The molecule has 1 heterocycles. The average molecular weight is 341 g/mol. The minimum Gasteiger partial charge on any atom is -0.469 e. The molecule has 0 unspecified atom stereocenters. The average Bonchev–Trinajstić information content (AvgIpc) is 2.80. The predicted octanol–water partition coefficient (Wildman–Crippen LogP) is 3.70. The van der Waals surface area contributed by atoms with Crippen LogP contribution in [0.15, 0.2) is 41.0 Å². The Morgan fingerprint density at radius 3 is 2.65 bits per heavy atom. The molecule has 0 bridgehead atoms. The van der Waals surface area contributed by atoms with Gasteiger partial charge in [0, 0.05) is 15.7 Å². The van der Waals surface area contributed by atoms with Gasteiger partial charge in [-0.3, -0.25) is 4.79 Å². The van der Waals surface area contributed by atoms with E-state index < -0.39 is 0 Å². The van der Waals surface area contributed by atoms with E-state index in [1.54, 1.807) is 12.3 Å². The number of hydrogen-bond donors (Lipinski definition) is 1. The van der Waals surface area contributed by atoms with Crippen molar-refractivity contribution >= 4 is 34.2 Å². The maximum absolute atomic E-state index is 12.0. The first kappa shape index (κ1) is 12.2. The van der Waals surface area contributed by atoms with Crippen LogP contribution in [0.3, 0.4) is 0 Å². The summed E-state index contributed by atoms with van der Waals surface area (Å²) >= 11 is 2.22. The maximum Gasteiger partial charge on any atom is 0.259 e. The van der Waals surface area contributed by atoms with E-state index in [0.717, 1.165) is 9.26 Å². The Kier molecular flexibility index (Phi) is 3.83. The second-order valence-electron chi connectivity index (χ2n) is 3.57. The van der Waals surface area contributed by atoms with Gasteiger partial charge in [0.1, 0.15) is 5.76 Å². The molecule has 3 nitrogen and oxygen atoms in total. The van der Waals surface area contributed by atoms with Gasteiger partial charge in [0.05, 0.1) is 11.8 Å². The topological polar surface area (TPSA) is 42.2 Å². The van der Waals surface area contributed by atoms with Gasteiger partial charge in [0.2, 0.25) is 0 Å². The lowest BCUT2D eigenvalue weighted by molar-refractivity contribution is 0.102. The van der Waals surface area contributed by atoms with Crippen molar-refractivity contribution < 1.29 is 9.21 Å². The fourth-order valence-corrected chi connectivity index (χ4v) is 1.91. The number of hydrogen-bond acceptors (Lipinski definition) is 2. The summed E-state index contributed by atoms with van der Waals surface area (Å²) < 4.78 is 6.37. The Morgan fingerprint density at radius 2 is 2.00 bits per heavy atom. The van der Waals surface area contributed by atoms with Crippen molar-refractivity contribution in [2.75, 3.05) is 5.32 Å². The molecule has 2 aromatic rings. The number of carbonyl (C=O) groups excluding carboxylic acids is 1. The van der Waals surface area contributed by atoms with Crippen molar-refractivity contribution in [2.24, 2.45) is 0 Å². The SMILES string of the molecule is CCc1occc1C(=O)Nc1ccc(I)cc1. The molecule has 0 aliphatic rings. The zero-order chi connectivity index (χ0) is 12.3. The van der Waals surface area contributed by atoms with Crippen LogP contribution in [-0.4, -0.2) is 5.91 Å². The van der Waals surface area contributed by atoms with E-state index in [9.17, 15) is 4.79 Å². The number of furan rings is 1. The summed E-state index contributed by atoms with van der Waals surface area (Å²) in [6, 6.07) is 9.36. The monoisotopic (exact) mass is 341 g/mol. The summed E-state index contributed by atoms with van der Waals surface area (Å²) in [5, 5.41) is 2.84. The van der Waals surface area contributed by atoms with Crippen LogP contribution in [0.2, 0.25) is 0 Å². The molecule has 0 fully saturated rings. The summed E-state index contributed by atoms with van der Waals surface area (Å²) in [6.45, 7) is 1.96. The van der Waals surface area contributed by atoms with Crippen molar-refractivity contribution in [1.82, 2.24) is 0 Å². The molecule has 1 amide bonds. The fourth-order valence-electron chi connectivity index (χ4n) is 1.55. The van der Waals surface area contributed by atoms with E-state index >= 15 is 0 Å². The zero-order valence-corrected chi connectivity index (χ0v) is 11.5. The summed E-state index contributed by atoms with van der Waals surface area (Å²) in [7, 11) is 0. The zero-order valence-electron chi connectivity index (χ0n) is 9.37. The van der Waals surface area contributed by atoms with E-state index in [0.29, 0.717) is 17.7 Å². The minimum absolute atomic E-state index is 0.128. The molecular weight excluding hydrogens is 329 g/mol. The molecule has 0 saturated carbocycles. The maximum atomic E-state index is 12.0. The number of carbonyl (C=O) groups is 1. The molecule has 0 spiro atoms. The van der Waals surface area contributed by atoms with Crippen molar-refractivity contribution in [3.63, 3.8) is 0 Å². The Balaban J connectivity index is 2.14. The normalized spacial score (nSPS) is 10.2. The molecule has 0 aliphatic carbocycles. The molecule has 0 atom stereocenters. The molecule has 17 heavy (non-hydrogen) atoms. The lowest BCUT2D eigenvalue weighted by Gasteiger charge is -2.04. The predicted molar refractivity (Wildman–Crippen MR) is 75.2 cm³/mol. The third kappa shape index (κ3) is 2.88. The molecular formula is C13H12INO2. The van der Waals surface area contributed by atoms with Crippen LogP contribution in [0.25, 0.3) is 0 Å². The molecule has 88 valence electrons. The summed E-state index contributed by atoms with van der Waals surface area (Å²) in [4.78, 5) is 12.0. The molecule has 1 aromatic heterocycles. The first-order valence-corrected chi connectivity index (χ1v) is 6.42. The highest BCUT2D eigenvalue weighted by molar-refractivity contribution is 14.1. The van der Waals surface area contributed by atoms with Gasteiger partial charge in [-0.1, -0.05) is 6.92 Å². The van der Waals surface area contributed by atoms with Gasteiger partial charge in [-0.2, -0.15) is 0 Å². The number of halogens is 1. The van der Waals surface area contributed by atoms with Crippen LogP contribution in [0.4, 0.5) is 5.69 Å². The number of rotatable bonds is 3. The Bertz CT molecular complexity index is 516. The van der Waals surface area contributed by atoms with Crippen LogP contribution in [0, 0.1) is 3.57 Å². The number of amides is 1. The summed E-state index contributed by atoms with van der Waals surface area (Å²) in [6.07, 6.45) is 2.25. The van der Waals surface area contributed by atoms with Gasteiger partial charge in [-0.05, 0) is 52.9 Å². The van der Waals surface area contributed by atoms with Crippen molar-refractivity contribution in [1.29, 1.82) is 0 Å². The number of benzene rings is 1. The van der Waals surface area contributed by atoms with E-state index in [1.807, 2.05) is 31.2 Å². The van der Waals surface area contributed by atoms with E-state index in [4.69, 9.17) is 4.42 Å². The summed E-state index contributed by atoms with van der Waals surface area (Å²) in [5.74, 6) is 0.588. The van der Waals surface area contributed by atoms with Crippen molar-refractivity contribution in [3.05, 3.63) is 51.5 Å². The van der Waals surface area contributed by atoms with Crippen LogP contribution in [0.1, 0.15) is 23.0 Å². The van der Waals surface area contributed by atoms with Gasteiger partial charge in [-0.15, -0.1) is 0 Å². The Hall–Kier alpha value is -1.30. The van der Waals surface area contributed by atoms with E-state index in [2.05, 4.69) is 27.9 Å². The molecule has 0 aliphatic heterocycles. The van der Waals surface area contributed by atoms with E-state index in [-0.39, 0.29) is 5.91 Å². The molecule has 1 N–H and O–H groups in total. The fraction of sp³-hybridized carbons (Fsp3) is 0.154. The Labute approximate surface area is 113 Å². The highest BCUT2D eigenvalue weighted by atomic mass is 127. The molecule has 2 rings (SSSR count). The lowest BCUT2D eigenvalue weighted by atomic mass is 10.2. The second kappa shape index (κ2) is 5.35. The third-order valence-electron chi connectivity index (χ3n) is 2.41. The van der Waals surface area contributed by atoms with Crippen LogP contribution in [-0.2, 0) is 6.42 Å². The van der Waals surface area contributed by atoms with Crippen LogP contribution >= 0.6 is 22.6 Å². The molecule has 0 radical (unpaired) electrons. The Morgan fingerprint density at radius 1 is 1.29 bits per heavy atom. The second-order valence-corrected chi connectivity index (χ2v) is 4.82. The van der Waals surface area contributed by atoms with Crippen LogP contribution < -0.4 is 5.32 Å². The highest BCUT2D eigenvalue weighted by Gasteiger charge is 2.13. The smallest absolute Gasteiger partial charge is 0.259 e. The number of anilines is 1. The minimum atomic E-state index is -0.128. The number of nitrogens with one attached hydrogen (secondary N) is 1. The standard InChI is InChI=1S/C13H12INO2/c1-2-12-11(7-8-17-12)13(16)15-10-5-3-9(14)4-6-10/h3-8H,2H2,1H3,(H,15,16). The van der Waals surface area contributed by atoms with Gasteiger partial charge in [-0.25, -0.2) is 0 Å². The first-order valence-electron chi connectivity index (χ1n) is 5.34. The van der Waals surface area contributed by atoms with E-state index in [1.165, 1.54) is 0 Å². The summed E-state index contributed by atoms with van der Waals surface area (Å²) in [5.41, 5.74) is 1.39. The molecule has 0 saturated heterocycles. The quantitative estimate of drug-likeness (QED) is 0.865. The van der Waals surface area contributed by atoms with Crippen LogP contribution in [0.5, 0.6) is 0 Å². The van der Waals surface area contributed by atoms with Crippen molar-refractivity contribution in [3.8, 4) is 0 Å². The number of aryl methyl sites for hydroxylation is 1. The molecule has 1 aromatic carbocycles. The largest absolute Gasteiger partial charge is 0.469 e. The van der Waals surface area contributed by atoms with Gasteiger partial charge >= 0.3 is 0 Å². The third-order valence-corrected chi connectivity index (χ3v) is 3.13. The van der Waals surface area contributed by atoms with Gasteiger partial charge < -0.3 is 9.73 Å².